The number of rotatable bonds is 5. The molecule has 2 rings (SSSR count). The number of anilines is 1. The van der Waals surface area contributed by atoms with E-state index in [1.165, 1.54) is 6.92 Å². The van der Waals surface area contributed by atoms with Gasteiger partial charge in [-0.3, -0.25) is 9.48 Å². The van der Waals surface area contributed by atoms with Gasteiger partial charge in [0, 0.05) is 30.9 Å². The van der Waals surface area contributed by atoms with Gasteiger partial charge in [-0.1, -0.05) is 12.1 Å². The highest BCUT2D eigenvalue weighted by Crippen LogP contribution is 2.22. The average molecular weight is 258 g/mol. The molecule has 0 fully saturated rings. The van der Waals surface area contributed by atoms with Crippen molar-refractivity contribution in [3.63, 3.8) is 0 Å². The van der Waals surface area contributed by atoms with E-state index in [0.29, 0.717) is 6.54 Å². The van der Waals surface area contributed by atoms with E-state index < -0.39 is 0 Å². The SMILES string of the molecule is CC(=O)Nc1cccc(-c2cnn(CCCN)c2)c1. The summed E-state index contributed by atoms with van der Waals surface area (Å²) in [6.07, 6.45) is 4.72. The summed E-state index contributed by atoms with van der Waals surface area (Å²) in [6.45, 7) is 2.98. The van der Waals surface area contributed by atoms with Crippen molar-refractivity contribution in [3.8, 4) is 11.1 Å². The maximum atomic E-state index is 11.0. The Morgan fingerprint density at radius 3 is 3.00 bits per heavy atom. The topological polar surface area (TPSA) is 72.9 Å². The molecule has 5 heteroatoms. The molecule has 5 nitrogen and oxygen atoms in total. The molecule has 1 aromatic carbocycles. The number of aryl methyl sites for hydroxylation is 1. The van der Waals surface area contributed by atoms with Crippen LogP contribution in [0, 0.1) is 0 Å². The molecule has 0 bridgehead atoms. The van der Waals surface area contributed by atoms with Gasteiger partial charge < -0.3 is 11.1 Å². The fourth-order valence-corrected chi connectivity index (χ4v) is 1.87. The maximum absolute atomic E-state index is 11.0. The van der Waals surface area contributed by atoms with E-state index in [1.807, 2.05) is 41.3 Å². The number of nitrogens with two attached hydrogens (primary N) is 1. The van der Waals surface area contributed by atoms with Crippen molar-refractivity contribution in [2.24, 2.45) is 5.73 Å². The first-order valence-electron chi connectivity index (χ1n) is 6.29. The molecule has 1 amide bonds. The summed E-state index contributed by atoms with van der Waals surface area (Å²) in [6, 6.07) is 7.71. The monoisotopic (exact) mass is 258 g/mol. The molecule has 0 saturated heterocycles. The van der Waals surface area contributed by atoms with E-state index in [0.717, 1.165) is 29.8 Å². The van der Waals surface area contributed by atoms with Crippen molar-refractivity contribution in [1.29, 1.82) is 0 Å². The second-order valence-electron chi connectivity index (χ2n) is 4.40. The number of hydrogen-bond donors (Lipinski definition) is 2. The molecule has 1 aromatic heterocycles. The summed E-state index contributed by atoms with van der Waals surface area (Å²) in [7, 11) is 0. The zero-order chi connectivity index (χ0) is 13.7. The second-order valence-corrected chi connectivity index (χ2v) is 4.40. The van der Waals surface area contributed by atoms with Gasteiger partial charge in [-0.2, -0.15) is 5.10 Å². The summed E-state index contributed by atoms with van der Waals surface area (Å²) < 4.78 is 1.88. The minimum absolute atomic E-state index is 0.0733. The lowest BCUT2D eigenvalue weighted by Crippen LogP contribution is -2.05. The third-order valence-electron chi connectivity index (χ3n) is 2.74. The summed E-state index contributed by atoms with van der Waals surface area (Å²) in [5, 5.41) is 7.07. The fraction of sp³-hybridized carbons (Fsp3) is 0.286. The van der Waals surface area contributed by atoms with Crippen LogP contribution in [0.4, 0.5) is 5.69 Å². The Hall–Kier alpha value is -2.14. The highest BCUT2D eigenvalue weighted by Gasteiger charge is 2.03. The molecule has 2 aromatic rings. The third-order valence-corrected chi connectivity index (χ3v) is 2.74. The predicted molar refractivity (Wildman–Crippen MR) is 75.6 cm³/mol. The van der Waals surface area contributed by atoms with Crippen LogP contribution in [0.15, 0.2) is 36.7 Å². The van der Waals surface area contributed by atoms with Crippen LogP contribution < -0.4 is 11.1 Å². The molecule has 0 aliphatic rings. The van der Waals surface area contributed by atoms with Crippen LogP contribution in [0.2, 0.25) is 0 Å². The number of aromatic nitrogens is 2. The quantitative estimate of drug-likeness (QED) is 0.859. The van der Waals surface area contributed by atoms with E-state index >= 15 is 0 Å². The van der Waals surface area contributed by atoms with Gasteiger partial charge in [-0.05, 0) is 30.7 Å². The van der Waals surface area contributed by atoms with Crippen molar-refractivity contribution >= 4 is 11.6 Å². The van der Waals surface area contributed by atoms with Crippen LogP contribution in [0.5, 0.6) is 0 Å². The van der Waals surface area contributed by atoms with E-state index in [9.17, 15) is 4.79 Å². The average Bonchev–Trinajstić information content (AvgIpc) is 2.84. The largest absolute Gasteiger partial charge is 0.330 e. The molecular formula is C14H18N4O. The highest BCUT2D eigenvalue weighted by molar-refractivity contribution is 5.89. The summed E-state index contributed by atoms with van der Waals surface area (Å²) in [4.78, 5) is 11.0. The standard InChI is InChI=1S/C14H18N4O/c1-11(19)17-14-5-2-4-12(8-14)13-9-16-18(10-13)7-3-6-15/h2,4-5,8-10H,3,6-7,15H2,1H3,(H,17,19). The lowest BCUT2D eigenvalue weighted by molar-refractivity contribution is -0.114. The van der Waals surface area contributed by atoms with Crippen LogP contribution in [0.25, 0.3) is 11.1 Å². The van der Waals surface area contributed by atoms with Crippen molar-refractivity contribution in [3.05, 3.63) is 36.7 Å². The van der Waals surface area contributed by atoms with Crippen LogP contribution in [0.3, 0.4) is 0 Å². The Labute approximate surface area is 112 Å². The van der Waals surface area contributed by atoms with Gasteiger partial charge in [0.15, 0.2) is 0 Å². The van der Waals surface area contributed by atoms with Crippen molar-refractivity contribution in [2.75, 3.05) is 11.9 Å². The molecule has 0 spiro atoms. The maximum Gasteiger partial charge on any atom is 0.221 e. The number of nitrogens with zero attached hydrogens (tertiary/aromatic N) is 2. The fourth-order valence-electron chi connectivity index (χ4n) is 1.87. The molecule has 0 radical (unpaired) electrons. The predicted octanol–water partition coefficient (Wildman–Crippen LogP) is 1.86. The molecule has 0 aliphatic heterocycles. The third kappa shape index (κ3) is 3.66. The van der Waals surface area contributed by atoms with Gasteiger partial charge in [0.1, 0.15) is 0 Å². The first-order valence-corrected chi connectivity index (χ1v) is 6.29. The lowest BCUT2D eigenvalue weighted by Gasteiger charge is -2.04. The summed E-state index contributed by atoms with van der Waals surface area (Å²) in [5.41, 5.74) is 8.33. The molecule has 3 N–H and O–H groups in total. The smallest absolute Gasteiger partial charge is 0.221 e. The minimum atomic E-state index is -0.0733. The first-order chi connectivity index (χ1) is 9.19. The van der Waals surface area contributed by atoms with Crippen molar-refractivity contribution in [2.45, 2.75) is 19.9 Å². The van der Waals surface area contributed by atoms with E-state index in [2.05, 4.69) is 10.4 Å². The first kappa shape index (κ1) is 13.3. The van der Waals surface area contributed by atoms with Crippen molar-refractivity contribution < 1.29 is 4.79 Å². The van der Waals surface area contributed by atoms with Crippen LogP contribution in [0.1, 0.15) is 13.3 Å². The number of nitrogens with one attached hydrogen (secondary N) is 1. The molecule has 0 unspecified atom stereocenters. The molecule has 0 aliphatic carbocycles. The second kappa shape index (κ2) is 6.15. The molecule has 0 atom stereocenters. The van der Waals surface area contributed by atoms with Crippen LogP contribution in [-0.2, 0) is 11.3 Å². The lowest BCUT2D eigenvalue weighted by atomic mass is 10.1. The Bertz CT molecular complexity index is 562. The number of benzene rings is 1. The number of amides is 1. The zero-order valence-corrected chi connectivity index (χ0v) is 11.0. The van der Waals surface area contributed by atoms with Crippen LogP contribution >= 0.6 is 0 Å². The molecule has 1 heterocycles. The molecule has 0 saturated carbocycles. The Balaban J connectivity index is 2.16. The van der Waals surface area contributed by atoms with Crippen LogP contribution in [-0.4, -0.2) is 22.2 Å². The van der Waals surface area contributed by atoms with Gasteiger partial charge in [-0.25, -0.2) is 0 Å². The highest BCUT2D eigenvalue weighted by atomic mass is 16.1. The molecular weight excluding hydrogens is 240 g/mol. The Morgan fingerprint density at radius 2 is 2.26 bits per heavy atom. The normalized spacial score (nSPS) is 10.4. The Morgan fingerprint density at radius 1 is 1.42 bits per heavy atom. The van der Waals surface area contributed by atoms with Gasteiger partial charge in [0.2, 0.25) is 5.91 Å². The van der Waals surface area contributed by atoms with Crippen molar-refractivity contribution in [1.82, 2.24) is 9.78 Å². The molecule has 19 heavy (non-hydrogen) atoms. The number of carbonyl (C=O) groups is 1. The van der Waals surface area contributed by atoms with E-state index in [1.54, 1.807) is 0 Å². The zero-order valence-electron chi connectivity index (χ0n) is 11.0. The van der Waals surface area contributed by atoms with Gasteiger partial charge in [0.05, 0.1) is 6.20 Å². The van der Waals surface area contributed by atoms with E-state index in [4.69, 9.17) is 5.73 Å². The van der Waals surface area contributed by atoms with Gasteiger partial charge in [0.25, 0.3) is 0 Å². The number of hydrogen-bond acceptors (Lipinski definition) is 3. The minimum Gasteiger partial charge on any atom is -0.330 e. The summed E-state index contributed by atoms with van der Waals surface area (Å²) >= 11 is 0. The number of carbonyl (C=O) groups excluding carboxylic acids is 1. The van der Waals surface area contributed by atoms with Gasteiger partial charge >= 0.3 is 0 Å². The van der Waals surface area contributed by atoms with Gasteiger partial charge in [-0.15, -0.1) is 0 Å². The Kier molecular flexibility index (Phi) is 4.30. The van der Waals surface area contributed by atoms with E-state index in [-0.39, 0.29) is 5.91 Å². The molecule has 100 valence electrons. The summed E-state index contributed by atoms with van der Waals surface area (Å²) in [5.74, 6) is -0.0733.